The van der Waals surface area contributed by atoms with Gasteiger partial charge in [0.05, 0.1) is 6.10 Å². The van der Waals surface area contributed by atoms with Crippen LogP contribution in [0.25, 0.3) is 0 Å². The lowest BCUT2D eigenvalue weighted by Crippen LogP contribution is -2.34. The molecule has 0 spiro atoms. The van der Waals surface area contributed by atoms with Crippen LogP contribution in [0.15, 0.2) is 30.3 Å². The van der Waals surface area contributed by atoms with Gasteiger partial charge in [0, 0.05) is 0 Å². The first kappa shape index (κ1) is 12.6. The second kappa shape index (κ2) is 3.58. The fraction of sp³-hybridized carbons (Fsp3) is 0.625. The van der Waals surface area contributed by atoms with E-state index in [1.54, 1.807) is 0 Å². The van der Waals surface area contributed by atoms with E-state index in [4.69, 9.17) is 4.74 Å². The summed E-state index contributed by atoms with van der Waals surface area (Å²) in [5, 5.41) is 0. The lowest BCUT2D eigenvalue weighted by molar-refractivity contribution is 0.154. The molecule has 94 valence electrons. The first-order valence-corrected chi connectivity index (χ1v) is 6.43. The molecule has 0 aromatic heterocycles. The van der Waals surface area contributed by atoms with Gasteiger partial charge in [-0.3, -0.25) is 0 Å². The minimum absolute atomic E-state index is 0.117. The molecule has 1 aromatic rings. The van der Waals surface area contributed by atoms with E-state index in [2.05, 4.69) is 71.9 Å². The van der Waals surface area contributed by atoms with Crippen LogP contribution in [0.5, 0.6) is 0 Å². The van der Waals surface area contributed by atoms with Crippen molar-refractivity contribution in [3.63, 3.8) is 0 Å². The number of hydrogen-bond donors (Lipinski definition) is 0. The van der Waals surface area contributed by atoms with E-state index in [9.17, 15) is 0 Å². The highest BCUT2D eigenvalue weighted by Gasteiger charge is 2.67. The number of benzene rings is 1. The van der Waals surface area contributed by atoms with Gasteiger partial charge in [-0.25, -0.2) is 0 Å². The van der Waals surface area contributed by atoms with Crippen LogP contribution < -0.4 is 0 Å². The van der Waals surface area contributed by atoms with Crippen molar-refractivity contribution in [1.82, 2.24) is 0 Å². The molecule has 1 nitrogen and oxygen atoms in total. The summed E-state index contributed by atoms with van der Waals surface area (Å²) in [5.41, 5.74) is 1.49. The van der Waals surface area contributed by atoms with Gasteiger partial charge in [-0.05, 0) is 16.4 Å². The quantitative estimate of drug-likeness (QED) is 0.655. The molecular formula is C16H24O. The maximum Gasteiger partial charge on any atom is 0.125 e. The highest BCUT2D eigenvalue weighted by Crippen LogP contribution is 2.62. The zero-order valence-electron chi connectivity index (χ0n) is 11.9. The average Bonchev–Trinajstić information content (AvgIpc) is 2.93. The third-order valence-corrected chi connectivity index (χ3v) is 3.72. The van der Waals surface area contributed by atoms with Crippen LogP contribution >= 0.6 is 0 Å². The molecule has 2 rings (SSSR count). The predicted molar refractivity (Wildman–Crippen MR) is 71.9 cm³/mol. The average molecular weight is 232 g/mol. The first-order valence-electron chi connectivity index (χ1n) is 6.43. The Kier molecular flexibility index (Phi) is 2.66. The van der Waals surface area contributed by atoms with Crippen molar-refractivity contribution in [2.75, 3.05) is 0 Å². The normalized spacial score (nSPS) is 29.2. The van der Waals surface area contributed by atoms with Crippen LogP contribution in [0.2, 0.25) is 0 Å². The first-order chi connectivity index (χ1) is 7.69. The van der Waals surface area contributed by atoms with Crippen molar-refractivity contribution in [3.05, 3.63) is 35.9 Å². The van der Waals surface area contributed by atoms with Crippen LogP contribution in [0.4, 0.5) is 0 Å². The Labute approximate surface area is 105 Å². The van der Waals surface area contributed by atoms with Gasteiger partial charge in [-0.2, -0.15) is 0 Å². The summed E-state index contributed by atoms with van der Waals surface area (Å²) >= 11 is 0. The molecule has 1 heteroatoms. The van der Waals surface area contributed by atoms with Crippen molar-refractivity contribution < 1.29 is 4.74 Å². The van der Waals surface area contributed by atoms with E-state index >= 15 is 0 Å². The zero-order valence-corrected chi connectivity index (χ0v) is 11.9. The fourth-order valence-corrected chi connectivity index (χ4v) is 2.85. The van der Waals surface area contributed by atoms with Gasteiger partial charge in [-0.15, -0.1) is 0 Å². The molecule has 0 aliphatic carbocycles. The molecule has 1 aromatic carbocycles. The Morgan fingerprint density at radius 3 is 1.82 bits per heavy atom. The molecule has 1 heterocycles. The molecule has 0 N–H and O–H groups in total. The molecule has 1 aliphatic rings. The maximum absolute atomic E-state index is 6.22. The Hall–Kier alpha value is -0.820. The SMILES string of the molecule is CC(C)(C)C1OC1(c1ccccc1)C(C)(C)C. The van der Waals surface area contributed by atoms with E-state index in [-0.39, 0.29) is 16.4 Å². The van der Waals surface area contributed by atoms with Gasteiger partial charge in [-0.1, -0.05) is 71.9 Å². The standard InChI is InChI=1S/C16H24O/c1-14(2,3)13-16(17-13,15(4,5)6)12-10-8-7-9-11-12/h7-11,13H,1-6H3. The number of ether oxygens (including phenoxy) is 1. The lowest BCUT2D eigenvalue weighted by Gasteiger charge is -2.31. The summed E-state index contributed by atoms with van der Waals surface area (Å²) < 4.78 is 6.22. The monoisotopic (exact) mass is 232 g/mol. The Balaban J connectivity index is 2.44. The molecule has 2 unspecified atom stereocenters. The lowest BCUT2D eigenvalue weighted by atomic mass is 9.69. The van der Waals surface area contributed by atoms with Gasteiger partial charge in [0.2, 0.25) is 0 Å². The smallest absolute Gasteiger partial charge is 0.125 e. The predicted octanol–water partition coefficient (Wildman–Crippen LogP) is 4.37. The Morgan fingerprint density at radius 2 is 1.47 bits per heavy atom. The second-order valence-electron chi connectivity index (χ2n) is 7.22. The number of rotatable bonds is 1. The molecule has 0 radical (unpaired) electrons. The van der Waals surface area contributed by atoms with Gasteiger partial charge in [0.25, 0.3) is 0 Å². The maximum atomic E-state index is 6.22. The topological polar surface area (TPSA) is 12.5 Å². The van der Waals surface area contributed by atoms with Gasteiger partial charge in [0.1, 0.15) is 5.60 Å². The van der Waals surface area contributed by atoms with E-state index in [0.29, 0.717) is 6.10 Å². The van der Waals surface area contributed by atoms with Crippen molar-refractivity contribution in [2.24, 2.45) is 10.8 Å². The molecule has 1 aliphatic heterocycles. The summed E-state index contributed by atoms with van der Waals surface area (Å²) in [6, 6.07) is 10.6. The van der Waals surface area contributed by atoms with Crippen LogP contribution in [0.3, 0.4) is 0 Å². The summed E-state index contributed by atoms with van der Waals surface area (Å²) in [7, 11) is 0. The molecule has 1 saturated heterocycles. The highest BCUT2D eigenvalue weighted by atomic mass is 16.6. The Bertz CT molecular complexity index is 394. The van der Waals surface area contributed by atoms with Gasteiger partial charge in [0.15, 0.2) is 0 Å². The van der Waals surface area contributed by atoms with Crippen LogP contribution in [-0.2, 0) is 10.3 Å². The molecule has 0 saturated carbocycles. The van der Waals surface area contributed by atoms with Crippen LogP contribution in [-0.4, -0.2) is 6.10 Å². The molecule has 0 bridgehead atoms. The summed E-state index contributed by atoms with van der Waals surface area (Å²) in [6.07, 6.45) is 0.303. The molecule has 2 atom stereocenters. The minimum Gasteiger partial charge on any atom is -0.360 e. The van der Waals surface area contributed by atoms with Crippen LogP contribution in [0, 0.1) is 10.8 Å². The van der Waals surface area contributed by atoms with Crippen molar-refractivity contribution >= 4 is 0 Å². The van der Waals surface area contributed by atoms with E-state index in [1.807, 2.05) is 0 Å². The molecule has 0 amide bonds. The highest BCUT2D eigenvalue weighted by molar-refractivity contribution is 5.33. The van der Waals surface area contributed by atoms with E-state index in [0.717, 1.165) is 0 Å². The summed E-state index contributed by atoms with van der Waals surface area (Å²) in [4.78, 5) is 0. The molecule has 1 fully saturated rings. The molecular weight excluding hydrogens is 208 g/mol. The zero-order chi connectivity index (χ0) is 12.9. The number of hydrogen-bond acceptors (Lipinski definition) is 1. The minimum atomic E-state index is -0.119. The second-order valence-corrected chi connectivity index (χ2v) is 7.22. The van der Waals surface area contributed by atoms with Crippen molar-refractivity contribution in [1.29, 1.82) is 0 Å². The molecule has 17 heavy (non-hydrogen) atoms. The third-order valence-electron chi connectivity index (χ3n) is 3.72. The van der Waals surface area contributed by atoms with Crippen molar-refractivity contribution in [2.45, 2.75) is 53.2 Å². The Morgan fingerprint density at radius 1 is 0.941 bits per heavy atom. The third kappa shape index (κ3) is 1.91. The van der Waals surface area contributed by atoms with Crippen LogP contribution in [0.1, 0.15) is 47.1 Å². The largest absolute Gasteiger partial charge is 0.360 e. The summed E-state index contributed by atoms with van der Waals surface area (Å²) in [5.74, 6) is 0. The fourth-order valence-electron chi connectivity index (χ4n) is 2.85. The summed E-state index contributed by atoms with van der Waals surface area (Å²) in [6.45, 7) is 13.6. The van der Waals surface area contributed by atoms with Gasteiger partial charge < -0.3 is 4.74 Å². The van der Waals surface area contributed by atoms with Gasteiger partial charge >= 0.3 is 0 Å². The van der Waals surface area contributed by atoms with E-state index in [1.165, 1.54) is 5.56 Å². The number of epoxide rings is 1. The van der Waals surface area contributed by atoms with Crippen molar-refractivity contribution in [3.8, 4) is 0 Å². The van der Waals surface area contributed by atoms with E-state index < -0.39 is 0 Å².